The van der Waals surface area contributed by atoms with Crippen LogP contribution in [0.4, 0.5) is 5.88 Å². The molecule has 0 aromatic carbocycles. The summed E-state index contributed by atoms with van der Waals surface area (Å²) in [5.74, 6) is 0.822. The first-order valence-electron chi connectivity index (χ1n) is 7.12. The fraction of sp³-hybridized carbons (Fsp3) is 0.714. The second kappa shape index (κ2) is 6.37. The molecule has 0 radical (unpaired) electrons. The van der Waals surface area contributed by atoms with Gasteiger partial charge in [-0.15, -0.1) is 0 Å². The topological polar surface area (TPSA) is 78.6 Å². The molecule has 2 unspecified atom stereocenters. The minimum absolute atomic E-state index is 0.109. The van der Waals surface area contributed by atoms with Gasteiger partial charge in [0.05, 0.1) is 18.3 Å². The number of aliphatic hydroxyl groups is 1. The number of nitrogens with one attached hydrogen (secondary N) is 1. The lowest BCUT2D eigenvalue weighted by atomic mass is 10.0. The van der Waals surface area contributed by atoms with Crippen LogP contribution in [0.15, 0.2) is 10.6 Å². The maximum absolute atomic E-state index is 11.9. The normalized spacial score (nSPS) is 21.4. The zero-order valence-electron chi connectivity index (χ0n) is 12.3. The molecule has 1 aliphatic heterocycles. The Bertz CT molecular complexity index is 456. The highest BCUT2D eigenvalue weighted by Crippen LogP contribution is 2.20. The van der Waals surface area contributed by atoms with Gasteiger partial charge in [-0.1, -0.05) is 19.0 Å². The number of rotatable bonds is 5. The molecule has 112 valence electrons. The van der Waals surface area contributed by atoms with E-state index in [0.717, 1.165) is 25.2 Å². The maximum Gasteiger partial charge on any atom is 0.240 e. The molecule has 0 aliphatic carbocycles. The van der Waals surface area contributed by atoms with Crippen molar-refractivity contribution in [2.24, 2.45) is 5.92 Å². The lowest BCUT2D eigenvalue weighted by Crippen LogP contribution is -2.32. The molecule has 1 amide bonds. The quantitative estimate of drug-likeness (QED) is 0.854. The van der Waals surface area contributed by atoms with Crippen molar-refractivity contribution in [3.63, 3.8) is 0 Å². The van der Waals surface area contributed by atoms with E-state index in [0.29, 0.717) is 12.4 Å². The number of aliphatic hydroxyl groups excluding tert-OH is 1. The van der Waals surface area contributed by atoms with E-state index in [2.05, 4.69) is 10.5 Å². The van der Waals surface area contributed by atoms with Crippen molar-refractivity contribution in [2.75, 3.05) is 25.0 Å². The number of hydrogen-bond donors (Lipinski definition) is 2. The van der Waals surface area contributed by atoms with Gasteiger partial charge in [0.1, 0.15) is 0 Å². The Kier molecular flexibility index (Phi) is 4.77. The van der Waals surface area contributed by atoms with Gasteiger partial charge in [-0.2, -0.15) is 0 Å². The predicted molar refractivity (Wildman–Crippen MR) is 75.4 cm³/mol. The van der Waals surface area contributed by atoms with Gasteiger partial charge in [-0.05, 0) is 31.7 Å². The molecule has 0 bridgehead atoms. The number of aromatic nitrogens is 1. The van der Waals surface area contributed by atoms with Crippen LogP contribution in [0.25, 0.3) is 0 Å². The Labute approximate surface area is 119 Å². The van der Waals surface area contributed by atoms with Crippen LogP contribution in [-0.4, -0.2) is 46.8 Å². The lowest BCUT2D eigenvalue weighted by Gasteiger charge is -2.16. The van der Waals surface area contributed by atoms with Crippen molar-refractivity contribution in [3.05, 3.63) is 11.8 Å². The number of carbonyl (C=O) groups is 1. The third kappa shape index (κ3) is 3.80. The zero-order valence-corrected chi connectivity index (χ0v) is 12.3. The summed E-state index contributed by atoms with van der Waals surface area (Å²) in [6, 6.07) is 1.76. The molecule has 20 heavy (non-hydrogen) atoms. The van der Waals surface area contributed by atoms with E-state index in [1.807, 2.05) is 18.7 Å². The molecule has 0 saturated carbocycles. The van der Waals surface area contributed by atoms with Gasteiger partial charge in [-0.25, -0.2) is 0 Å². The molecule has 1 saturated heterocycles. The molecule has 6 nitrogen and oxygen atoms in total. The second-order valence-electron chi connectivity index (χ2n) is 5.84. The summed E-state index contributed by atoms with van der Waals surface area (Å²) in [6.07, 6.45) is 0.621. The Hall–Kier alpha value is -1.40. The first-order chi connectivity index (χ1) is 9.45. The fourth-order valence-corrected chi connectivity index (χ4v) is 2.40. The SMILES string of the molecule is CC(C)c1cc(NC(=O)CN2CCC(C(C)O)C2)on1. The highest BCUT2D eigenvalue weighted by atomic mass is 16.5. The van der Waals surface area contributed by atoms with Crippen LogP contribution < -0.4 is 5.32 Å². The van der Waals surface area contributed by atoms with Crippen molar-refractivity contribution in [3.8, 4) is 0 Å². The van der Waals surface area contributed by atoms with E-state index in [4.69, 9.17) is 4.52 Å². The largest absolute Gasteiger partial charge is 0.393 e. The van der Waals surface area contributed by atoms with Crippen LogP contribution >= 0.6 is 0 Å². The van der Waals surface area contributed by atoms with Crippen molar-refractivity contribution >= 4 is 11.8 Å². The van der Waals surface area contributed by atoms with Gasteiger partial charge in [0.25, 0.3) is 0 Å². The summed E-state index contributed by atoms with van der Waals surface area (Å²) in [5.41, 5.74) is 0.829. The molecule has 1 fully saturated rings. The fourth-order valence-electron chi connectivity index (χ4n) is 2.40. The number of hydrogen-bond acceptors (Lipinski definition) is 5. The molecule has 1 aromatic heterocycles. The molecule has 1 aliphatic rings. The molecular weight excluding hydrogens is 258 g/mol. The van der Waals surface area contributed by atoms with Crippen molar-refractivity contribution in [2.45, 2.75) is 39.2 Å². The number of nitrogens with zero attached hydrogens (tertiary/aromatic N) is 2. The maximum atomic E-state index is 11.9. The first kappa shape index (κ1) is 15.0. The first-order valence-corrected chi connectivity index (χ1v) is 7.12. The van der Waals surface area contributed by atoms with Crippen LogP contribution in [0.2, 0.25) is 0 Å². The monoisotopic (exact) mass is 281 g/mol. The number of carbonyl (C=O) groups excluding carboxylic acids is 1. The highest BCUT2D eigenvalue weighted by Gasteiger charge is 2.27. The van der Waals surface area contributed by atoms with Crippen LogP contribution in [0.5, 0.6) is 0 Å². The van der Waals surface area contributed by atoms with Crippen LogP contribution in [0.1, 0.15) is 38.8 Å². The van der Waals surface area contributed by atoms with Crippen LogP contribution in [0, 0.1) is 5.92 Å². The zero-order chi connectivity index (χ0) is 14.7. The van der Waals surface area contributed by atoms with Gasteiger partial charge < -0.3 is 9.63 Å². The molecule has 2 atom stereocenters. The average molecular weight is 281 g/mol. The lowest BCUT2D eigenvalue weighted by molar-refractivity contribution is -0.117. The summed E-state index contributed by atoms with van der Waals surface area (Å²) >= 11 is 0. The summed E-state index contributed by atoms with van der Waals surface area (Å²) < 4.78 is 5.08. The predicted octanol–water partition coefficient (Wildman–Crippen LogP) is 1.44. The van der Waals surface area contributed by atoms with Gasteiger partial charge in [0, 0.05) is 12.6 Å². The number of likely N-dealkylation sites (tertiary alicyclic amines) is 1. The number of amides is 1. The smallest absolute Gasteiger partial charge is 0.240 e. The molecule has 6 heteroatoms. The van der Waals surface area contributed by atoms with Crippen molar-refractivity contribution < 1.29 is 14.4 Å². The van der Waals surface area contributed by atoms with Gasteiger partial charge in [0.2, 0.25) is 11.8 Å². The Morgan fingerprint density at radius 2 is 2.35 bits per heavy atom. The molecule has 0 spiro atoms. The number of anilines is 1. The summed E-state index contributed by atoms with van der Waals surface area (Å²) in [4.78, 5) is 14.0. The van der Waals surface area contributed by atoms with E-state index in [9.17, 15) is 9.90 Å². The Morgan fingerprint density at radius 1 is 1.60 bits per heavy atom. The van der Waals surface area contributed by atoms with Crippen molar-refractivity contribution in [1.29, 1.82) is 0 Å². The average Bonchev–Trinajstić information content (AvgIpc) is 2.98. The Morgan fingerprint density at radius 3 is 2.90 bits per heavy atom. The van der Waals surface area contributed by atoms with E-state index < -0.39 is 0 Å². The van der Waals surface area contributed by atoms with Crippen LogP contribution in [-0.2, 0) is 4.79 Å². The molecular formula is C14H23N3O3. The summed E-state index contributed by atoms with van der Waals surface area (Å²) in [6.45, 7) is 7.76. The van der Waals surface area contributed by atoms with Gasteiger partial charge in [-0.3, -0.25) is 15.0 Å². The molecule has 2 rings (SSSR count). The molecule has 2 heterocycles. The highest BCUT2D eigenvalue weighted by molar-refractivity contribution is 5.91. The van der Waals surface area contributed by atoms with Crippen LogP contribution in [0.3, 0.4) is 0 Å². The second-order valence-corrected chi connectivity index (χ2v) is 5.84. The van der Waals surface area contributed by atoms with Gasteiger partial charge >= 0.3 is 0 Å². The summed E-state index contributed by atoms with van der Waals surface area (Å²) in [7, 11) is 0. The molecule has 2 N–H and O–H groups in total. The minimum atomic E-state index is -0.314. The molecule has 1 aromatic rings. The third-order valence-electron chi connectivity index (χ3n) is 3.74. The van der Waals surface area contributed by atoms with E-state index in [-0.39, 0.29) is 23.8 Å². The van der Waals surface area contributed by atoms with E-state index >= 15 is 0 Å². The standard InChI is InChI=1S/C14H23N3O3/c1-9(2)12-6-14(20-16-12)15-13(19)8-17-5-4-11(7-17)10(3)18/h6,9-11,18H,4-5,7-8H2,1-3H3,(H,15,19). The van der Waals surface area contributed by atoms with E-state index in [1.165, 1.54) is 0 Å². The Balaban J connectivity index is 1.81. The minimum Gasteiger partial charge on any atom is -0.393 e. The van der Waals surface area contributed by atoms with Gasteiger partial charge in [0.15, 0.2) is 0 Å². The van der Waals surface area contributed by atoms with Crippen molar-refractivity contribution in [1.82, 2.24) is 10.1 Å². The third-order valence-corrected chi connectivity index (χ3v) is 3.74. The van der Waals surface area contributed by atoms with E-state index in [1.54, 1.807) is 13.0 Å². The summed E-state index contributed by atoms with van der Waals surface area (Å²) in [5, 5.41) is 16.2.